The fraction of sp³-hybridized carbons (Fsp3) is 0.400. The van der Waals surface area contributed by atoms with Gasteiger partial charge in [-0.2, -0.15) is 0 Å². The first-order chi connectivity index (χ1) is 16.3. The smallest absolute Gasteiger partial charge is 0.240 e. The van der Waals surface area contributed by atoms with Crippen LogP contribution in [0.1, 0.15) is 25.2 Å². The number of para-hydroxylation sites is 1. The Hall–Kier alpha value is -2.88. The maximum atomic E-state index is 13.0. The van der Waals surface area contributed by atoms with Gasteiger partial charge in [-0.3, -0.25) is 9.69 Å². The number of primary amides is 1. The van der Waals surface area contributed by atoms with E-state index in [1.165, 1.54) is 0 Å². The Balaban J connectivity index is 1.48. The number of nitrogens with two attached hydrogens (primary N) is 1. The van der Waals surface area contributed by atoms with Gasteiger partial charge < -0.3 is 11.1 Å². The molecular weight excluding hydrogens is 448 g/mol. The number of aromatic nitrogens is 2. The topological polar surface area (TPSA) is 104 Å². The van der Waals surface area contributed by atoms with Crippen LogP contribution in [0.3, 0.4) is 0 Å². The normalized spacial score (nSPS) is 17.1. The van der Waals surface area contributed by atoms with Crippen LogP contribution in [0, 0.1) is 12.8 Å². The average Bonchev–Trinajstić information content (AvgIpc) is 2.82. The number of rotatable bonds is 8. The van der Waals surface area contributed by atoms with Crippen molar-refractivity contribution in [3.63, 3.8) is 0 Å². The summed E-state index contributed by atoms with van der Waals surface area (Å²) in [6.07, 6.45) is 0. The molecule has 0 bridgehead atoms. The molecule has 2 heterocycles. The van der Waals surface area contributed by atoms with Gasteiger partial charge in [-0.1, -0.05) is 44.2 Å². The number of piperazine rings is 1. The van der Waals surface area contributed by atoms with Gasteiger partial charge in [0.15, 0.2) is 0 Å². The maximum Gasteiger partial charge on any atom is 0.240 e. The maximum absolute atomic E-state index is 13.0. The number of carbonyl (C=O) groups excluding carboxylic acids is 1. The van der Waals surface area contributed by atoms with Gasteiger partial charge in [0.1, 0.15) is 28.7 Å². The van der Waals surface area contributed by atoms with Crippen molar-refractivity contribution in [2.45, 2.75) is 38.3 Å². The first-order valence-electron chi connectivity index (χ1n) is 11.6. The standard InChI is InChI=1S/C25H32N6O2S/c1-17(2)23(24(26)32)29-25-19-9-5-6-10-20(19)27-22(28-25)16-30-12-14-31(15-13-30)34(33)21-11-7-4-8-18(21)3/h4-11,17,23H,12-16H2,1-3H3,(H2,26,32)(H,27,28,29). The molecule has 0 saturated carbocycles. The summed E-state index contributed by atoms with van der Waals surface area (Å²) in [6.45, 7) is 9.42. The minimum Gasteiger partial charge on any atom is -0.368 e. The fourth-order valence-electron chi connectivity index (χ4n) is 4.16. The summed E-state index contributed by atoms with van der Waals surface area (Å²) in [6, 6.07) is 15.1. The number of nitrogens with one attached hydrogen (secondary N) is 1. The van der Waals surface area contributed by atoms with E-state index in [9.17, 15) is 9.00 Å². The molecule has 1 amide bonds. The summed E-state index contributed by atoms with van der Waals surface area (Å²) in [5.74, 6) is 0.924. The van der Waals surface area contributed by atoms with Crippen LogP contribution >= 0.6 is 0 Å². The fourth-order valence-corrected chi connectivity index (χ4v) is 5.48. The van der Waals surface area contributed by atoms with Gasteiger partial charge in [-0.05, 0) is 36.6 Å². The first-order valence-corrected chi connectivity index (χ1v) is 12.7. The Kier molecular flexibility index (Phi) is 7.55. The van der Waals surface area contributed by atoms with E-state index < -0.39 is 22.9 Å². The molecular formula is C25H32N6O2S. The number of hydrogen-bond donors (Lipinski definition) is 2. The highest BCUT2D eigenvalue weighted by molar-refractivity contribution is 7.82. The van der Waals surface area contributed by atoms with Crippen LogP contribution in [0.2, 0.25) is 0 Å². The predicted molar refractivity (Wildman–Crippen MR) is 135 cm³/mol. The average molecular weight is 481 g/mol. The summed E-state index contributed by atoms with van der Waals surface area (Å²) >= 11 is 0. The Labute approximate surface area is 203 Å². The van der Waals surface area contributed by atoms with E-state index >= 15 is 0 Å². The molecule has 0 spiro atoms. The Morgan fingerprint density at radius 2 is 1.74 bits per heavy atom. The Morgan fingerprint density at radius 1 is 1.06 bits per heavy atom. The molecule has 1 aliphatic heterocycles. The van der Waals surface area contributed by atoms with Crippen molar-refractivity contribution in [2.24, 2.45) is 11.7 Å². The van der Waals surface area contributed by atoms with Crippen LogP contribution in [-0.2, 0) is 22.3 Å². The van der Waals surface area contributed by atoms with E-state index in [-0.39, 0.29) is 5.92 Å². The molecule has 4 rings (SSSR count). The molecule has 1 saturated heterocycles. The lowest BCUT2D eigenvalue weighted by Gasteiger charge is -2.33. The number of carbonyl (C=O) groups is 1. The quantitative estimate of drug-likeness (QED) is 0.514. The minimum absolute atomic E-state index is 0.0249. The second-order valence-corrected chi connectivity index (χ2v) is 10.4. The van der Waals surface area contributed by atoms with Crippen LogP contribution in [0.25, 0.3) is 10.9 Å². The second-order valence-electron chi connectivity index (χ2n) is 8.99. The summed E-state index contributed by atoms with van der Waals surface area (Å²) in [7, 11) is -1.16. The third kappa shape index (κ3) is 5.43. The number of hydrogen-bond acceptors (Lipinski definition) is 6. The van der Waals surface area contributed by atoms with Crippen LogP contribution in [0.4, 0.5) is 5.82 Å². The number of fused-ring (bicyclic) bond motifs is 1. The first kappa shape index (κ1) is 24.3. The lowest BCUT2D eigenvalue weighted by atomic mass is 10.0. The third-order valence-electron chi connectivity index (χ3n) is 6.13. The zero-order chi connectivity index (χ0) is 24.2. The molecule has 0 radical (unpaired) electrons. The highest BCUT2D eigenvalue weighted by Crippen LogP contribution is 2.23. The summed E-state index contributed by atoms with van der Waals surface area (Å²) < 4.78 is 15.1. The van der Waals surface area contributed by atoms with Crippen LogP contribution in [0.15, 0.2) is 53.4 Å². The van der Waals surface area contributed by atoms with Crippen molar-refractivity contribution in [2.75, 3.05) is 31.5 Å². The van der Waals surface area contributed by atoms with Crippen LogP contribution in [0.5, 0.6) is 0 Å². The van der Waals surface area contributed by atoms with E-state index in [0.29, 0.717) is 31.3 Å². The Bertz CT molecular complexity index is 1190. The molecule has 8 nitrogen and oxygen atoms in total. The van der Waals surface area contributed by atoms with Gasteiger partial charge >= 0.3 is 0 Å². The van der Waals surface area contributed by atoms with Gasteiger partial charge in [0.25, 0.3) is 0 Å². The third-order valence-corrected chi connectivity index (χ3v) is 7.80. The number of anilines is 1. The number of benzene rings is 2. The molecule has 3 N–H and O–H groups in total. The second kappa shape index (κ2) is 10.6. The van der Waals surface area contributed by atoms with E-state index in [0.717, 1.165) is 34.5 Å². The Morgan fingerprint density at radius 3 is 2.41 bits per heavy atom. The van der Waals surface area contributed by atoms with Crippen molar-refractivity contribution >= 4 is 33.6 Å². The van der Waals surface area contributed by atoms with E-state index in [4.69, 9.17) is 15.7 Å². The van der Waals surface area contributed by atoms with Gasteiger partial charge in [-0.25, -0.2) is 18.5 Å². The van der Waals surface area contributed by atoms with Crippen molar-refractivity contribution in [1.29, 1.82) is 0 Å². The zero-order valence-electron chi connectivity index (χ0n) is 19.9. The molecule has 2 unspecified atom stereocenters. The minimum atomic E-state index is -1.16. The highest BCUT2D eigenvalue weighted by atomic mass is 32.2. The summed E-state index contributed by atoms with van der Waals surface area (Å²) in [5.41, 5.74) is 7.49. The van der Waals surface area contributed by atoms with Gasteiger partial charge in [-0.15, -0.1) is 0 Å². The molecule has 180 valence electrons. The van der Waals surface area contributed by atoms with Crippen molar-refractivity contribution < 1.29 is 9.00 Å². The number of amides is 1. The molecule has 1 fully saturated rings. The predicted octanol–water partition coefficient (Wildman–Crippen LogP) is 2.70. The number of nitrogens with zero attached hydrogens (tertiary/aromatic N) is 4. The highest BCUT2D eigenvalue weighted by Gasteiger charge is 2.25. The van der Waals surface area contributed by atoms with Crippen LogP contribution in [-0.4, -0.2) is 61.5 Å². The number of aryl methyl sites for hydroxylation is 1. The molecule has 9 heteroatoms. The van der Waals surface area contributed by atoms with Gasteiger partial charge in [0.2, 0.25) is 5.91 Å². The van der Waals surface area contributed by atoms with E-state index in [1.54, 1.807) is 0 Å². The largest absolute Gasteiger partial charge is 0.368 e. The van der Waals surface area contributed by atoms with Crippen molar-refractivity contribution in [1.82, 2.24) is 19.2 Å². The monoisotopic (exact) mass is 480 g/mol. The molecule has 2 atom stereocenters. The molecule has 34 heavy (non-hydrogen) atoms. The molecule has 1 aliphatic rings. The van der Waals surface area contributed by atoms with Crippen molar-refractivity contribution in [3.8, 4) is 0 Å². The molecule has 0 aliphatic carbocycles. The zero-order valence-corrected chi connectivity index (χ0v) is 20.7. The van der Waals surface area contributed by atoms with E-state index in [2.05, 4.69) is 10.2 Å². The van der Waals surface area contributed by atoms with Gasteiger partial charge in [0, 0.05) is 31.6 Å². The molecule has 1 aromatic heterocycles. The van der Waals surface area contributed by atoms with E-state index in [1.807, 2.05) is 73.6 Å². The SMILES string of the molecule is Cc1ccccc1S(=O)N1CCN(Cc2nc(NC(C(N)=O)C(C)C)c3ccccc3n2)CC1. The summed E-state index contributed by atoms with van der Waals surface area (Å²) in [4.78, 5) is 24.6. The lowest BCUT2D eigenvalue weighted by molar-refractivity contribution is -0.119. The summed E-state index contributed by atoms with van der Waals surface area (Å²) in [5, 5.41) is 4.11. The van der Waals surface area contributed by atoms with Gasteiger partial charge in [0.05, 0.1) is 17.0 Å². The van der Waals surface area contributed by atoms with Crippen LogP contribution < -0.4 is 11.1 Å². The van der Waals surface area contributed by atoms with Crippen molar-refractivity contribution in [3.05, 3.63) is 59.9 Å². The molecule has 2 aromatic carbocycles. The lowest BCUT2D eigenvalue weighted by Crippen LogP contribution is -2.46. The molecule has 3 aromatic rings.